The number of nitrogens with zero attached hydrogens (tertiary/aromatic N) is 3. The molecule has 4 heterocycles. The number of nitrogens with one attached hydrogen (secondary N) is 1. The molecule has 2 saturated heterocycles. The van der Waals surface area contributed by atoms with Crippen molar-refractivity contribution in [1.82, 2.24) is 15.2 Å². The molecule has 0 aliphatic carbocycles. The van der Waals surface area contributed by atoms with Gasteiger partial charge in [0.1, 0.15) is 42.3 Å². The molecular formula is C25H27N5O8S2. The quantitative estimate of drug-likeness (QED) is 0.183. The minimum atomic E-state index is -1.63. The van der Waals surface area contributed by atoms with Gasteiger partial charge in [-0.1, -0.05) is 17.3 Å². The normalized spacial score (nSPS) is 24.3. The van der Waals surface area contributed by atoms with E-state index < -0.39 is 46.1 Å². The lowest BCUT2D eigenvalue weighted by atomic mass is 9.99. The van der Waals surface area contributed by atoms with Crippen molar-refractivity contribution in [3.8, 4) is 5.75 Å². The van der Waals surface area contributed by atoms with Crippen molar-refractivity contribution in [3.05, 3.63) is 52.2 Å². The summed E-state index contributed by atoms with van der Waals surface area (Å²) in [4.78, 5) is 49.9. The summed E-state index contributed by atoms with van der Waals surface area (Å²) < 4.78 is 29.9. The van der Waals surface area contributed by atoms with Crippen molar-refractivity contribution in [3.63, 3.8) is 0 Å². The third-order valence-corrected chi connectivity index (χ3v) is 8.94. The number of oxime groups is 1. The van der Waals surface area contributed by atoms with E-state index in [-0.39, 0.29) is 34.6 Å². The lowest BCUT2D eigenvalue weighted by molar-refractivity contribution is -0.153. The van der Waals surface area contributed by atoms with Crippen LogP contribution >= 0.6 is 11.3 Å². The van der Waals surface area contributed by atoms with Crippen LogP contribution in [-0.4, -0.2) is 81.7 Å². The Morgan fingerprint density at radius 1 is 1.30 bits per heavy atom. The van der Waals surface area contributed by atoms with Crippen LogP contribution in [0.3, 0.4) is 0 Å². The fraction of sp³-hybridized carbons (Fsp3) is 0.400. The standard InChI is InChI=1S/C25H27N5O8S2/c1-35-14-7-5-13(6-8-14)10-38-24(33)20-15(17-4-3-9-37-17)12-40(34)23-19(22(32)30(20)23)28-21(31)18(29-36-2)16-11-39-25(26)27-16/h5-8,11,17,19,23H,3-4,9-10,12H2,1-2H3,(H2,26,27)(H,28,31)/t17-,19+,23+,40-/m0/s1. The third-order valence-electron chi connectivity index (χ3n) is 6.64. The van der Waals surface area contributed by atoms with Gasteiger partial charge in [0.25, 0.3) is 11.8 Å². The number of esters is 1. The molecule has 4 atom stereocenters. The van der Waals surface area contributed by atoms with Gasteiger partial charge < -0.3 is 30.1 Å². The first-order valence-corrected chi connectivity index (χ1v) is 14.6. The van der Waals surface area contributed by atoms with Crippen molar-refractivity contribution in [2.75, 3.05) is 32.3 Å². The van der Waals surface area contributed by atoms with E-state index in [1.54, 1.807) is 31.4 Å². The molecule has 0 bridgehead atoms. The molecule has 0 unspecified atom stereocenters. The van der Waals surface area contributed by atoms with E-state index in [1.807, 2.05) is 0 Å². The summed E-state index contributed by atoms with van der Waals surface area (Å²) in [6.07, 6.45) is 0.946. The van der Waals surface area contributed by atoms with Gasteiger partial charge in [0, 0.05) is 17.6 Å². The highest BCUT2D eigenvalue weighted by atomic mass is 32.2. The number of nitrogens with two attached hydrogens (primary N) is 1. The topological polar surface area (TPSA) is 172 Å². The molecule has 2 amide bonds. The number of methoxy groups -OCH3 is 1. The van der Waals surface area contributed by atoms with E-state index in [9.17, 15) is 18.6 Å². The van der Waals surface area contributed by atoms with E-state index in [2.05, 4.69) is 15.5 Å². The fourth-order valence-electron chi connectivity index (χ4n) is 4.73. The van der Waals surface area contributed by atoms with Crippen LogP contribution in [0, 0.1) is 0 Å². The lowest BCUT2D eigenvalue weighted by Gasteiger charge is -2.49. The molecule has 15 heteroatoms. The monoisotopic (exact) mass is 589 g/mol. The van der Waals surface area contributed by atoms with Gasteiger partial charge in [-0.05, 0) is 30.5 Å². The van der Waals surface area contributed by atoms with Crippen LogP contribution in [0.25, 0.3) is 0 Å². The molecule has 2 aromatic rings. The molecule has 3 aliphatic heterocycles. The number of ether oxygens (including phenoxy) is 3. The molecule has 0 radical (unpaired) electrons. The van der Waals surface area contributed by atoms with E-state index >= 15 is 0 Å². The Hall–Kier alpha value is -3.82. The summed E-state index contributed by atoms with van der Waals surface area (Å²) in [5.74, 6) is -1.44. The highest BCUT2D eigenvalue weighted by molar-refractivity contribution is 7.86. The van der Waals surface area contributed by atoms with Crippen LogP contribution < -0.4 is 15.8 Å². The maximum absolute atomic E-state index is 13.4. The van der Waals surface area contributed by atoms with Gasteiger partial charge in [-0.15, -0.1) is 11.3 Å². The van der Waals surface area contributed by atoms with E-state index in [0.29, 0.717) is 24.4 Å². The van der Waals surface area contributed by atoms with Gasteiger partial charge in [0.05, 0.1) is 29.8 Å². The van der Waals surface area contributed by atoms with Crippen molar-refractivity contribution in [2.24, 2.45) is 5.16 Å². The second-order valence-corrected chi connectivity index (χ2v) is 11.5. The zero-order chi connectivity index (χ0) is 28.4. The number of amides is 2. The van der Waals surface area contributed by atoms with Gasteiger partial charge in [-0.2, -0.15) is 0 Å². The zero-order valence-corrected chi connectivity index (χ0v) is 23.3. The number of nitrogen functional groups attached to an aromatic ring is 1. The average Bonchev–Trinajstić information content (AvgIpc) is 3.65. The molecule has 5 rings (SSSR count). The lowest BCUT2D eigenvalue weighted by Crippen LogP contribution is -2.74. The molecule has 2 fully saturated rings. The summed E-state index contributed by atoms with van der Waals surface area (Å²) in [6, 6.07) is 5.84. The predicted molar refractivity (Wildman–Crippen MR) is 144 cm³/mol. The zero-order valence-electron chi connectivity index (χ0n) is 21.7. The second-order valence-electron chi connectivity index (χ2n) is 9.07. The molecule has 3 aliphatic rings. The number of β-lactam (4-membered cyclic amide) rings is 1. The highest BCUT2D eigenvalue weighted by Gasteiger charge is 2.58. The minimum Gasteiger partial charge on any atom is -0.497 e. The van der Waals surface area contributed by atoms with Gasteiger partial charge in [0.2, 0.25) is 0 Å². The SMILES string of the molecule is CON=C(C(=O)N[C@@H]1C(=O)N2C(C(=O)OCc3ccc(OC)cc3)=C([C@@H]3CCCO3)C[S@](=O)[C@H]12)c1csc(N)n1. The Morgan fingerprint density at radius 3 is 2.70 bits per heavy atom. The summed E-state index contributed by atoms with van der Waals surface area (Å²) >= 11 is 1.11. The molecule has 0 spiro atoms. The third kappa shape index (κ3) is 5.31. The second kappa shape index (κ2) is 11.7. The number of anilines is 1. The average molecular weight is 590 g/mol. The minimum absolute atomic E-state index is 0.0000895. The molecule has 212 valence electrons. The number of hydrogen-bond acceptors (Lipinski definition) is 12. The van der Waals surface area contributed by atoms with Crippen LogP contribution in [0.15, 0.2) is 46.1 Å². The maximum Gasteiger partial charge on any atom is 0.355 e. The molecule has 1 aromatic carbocycles. The van der Waals surface area contributed by atoms with Gasteiger partial charge in [-0.25, -0.2) is 9.78 Å². The Morgan fingerprint density at radius 2 is 2.08 bits per heavy atom. The first-order valence-electron chi connectivity index (χ1n) is 12.3. The predicted octanol–water partition coefficient (Wildman–Crippen LogP) is 0.676. The molecule has 13 nitrogen and oxygen atoms in total. The Bertz CT molecular complexity index is 1400. The largest absolute Gasteiger partial charge is 0.497 e. The number of benzene rings is 1. The van der Waals surface area contributed by atoms with E-state index in [0.717, 1.165) is 28.2 Å². The number of carbonyl (C=O) groups excluding carboxylic acids is 3. The maximum atomic E-state index is 13.4. The summed E-state index contributed by atoms with van der Waals surface area (Å²) in [5.41, 5.74) is 6.84. The first kappa shape index (κ1) is 27.7. The summed E-state index contributed by atoms with van der Waals surface area (Å²) in [6.45, 7) is 0.447. The van der Waals surface area contributed by atoms with Gasteiger partial charge >= 0.3 is 5.97 Å². The number of aromatic nitrogens is 1. The van der Waals surface area contributed by atoms with Crippen LogP contribution in [0.4, 0.5) is 5.13 Å². The van der Waals surface area contributed by atoms with Crippen LogP contribution in [-0.2, 0) is 46.1 Å². The molecule has 3 N–H and O–H groups in total. The number of thiazole rings is 1. The van der Waals surface area contributed by atoms with Gasteiger partial charge in [-0.3, -0.25) is 18.7 Å². The van der Waals surface area contributed by atoms with Crippen LogP contribution in [0.2, 0.25) is 0 Å². The molecule has 0 saturated carbocycles. The van der Waals surface area contributed by atoms with Crippen molar-refractivity contribution < 1.29 is 37.6 Å². The number of fused-ring (bicyclic) bond motifs is 1. The molecule has 1 aromatic heterocycles. The van der Waals surface area contributed by atoms with E-state index in [1.165, 1.54) is 12.5 Å². The van der Waals surface area contributed by atoms with Crippen molar-refractivity contribution >= 4 is 50.8 Å². The molecule has 40 heavy (non-hydrogen) atoms. The van der Waals surface area contributed by atoms with Crippen molar-refractivity contribution in [1.29, 1.82) is 0 Å². The number of carbonyl (C=O) groups is 3. The smallest absolute Gasteiger partial charge is 0.355 e. The Balaban J connectivity index is 1.37. The van der Waals surface area contributed by atoms with Crippen molar-refractivity contribution in [2.45, 2.75) is 37.0 Å². The van der Waals surface area contributed by atoms with E-state index in [4.69, 9.17) is 24.8 Å². The highest BCUT2D eigenvalue weighted by Crippen LogP contribution is 2.38. The van der Waals surface area contributed by atoms with Crippen LogP contribution in [0.1, 0.15) is 24.1 Å². The summed E-state index contributed by atoms with van der Waals surface area (Å²) in [7, 11) is 1.18. The number of rotatable bonds is 9. The van der Waals surface area contributed by atoms with Crippen LogP contribution in [0.5, 0.6) is 5.75 Å². The van der Waals surface area contributed by atoms with Gasteiger partial charge in [0.15, 0.2) is 10.8 Å². The fourth-order valence-corrected chi connectivity index (χ4v) is 7.01. The summed E-state index contributed by atoms with van der Waals surface area (Å²) in [5, 5.41) is 7.06. The first-order chi connectivity index (χ1) is 19.3. The Labute approximate surface area is 235 Å². The Kier molecular flexibility index (Phi) is 8.14. The molecular weight excluding hydrogens is 562 g/mol. The number of hydrogen-bond donors (Lipinski definition) is 2.